The third kappa shape index (κ3) is 75.1. The lowest BCUT2D eigenvalue weighted by molar-refractivity contribution is -0.161. The van der Waals surface area contributed by atoms with Crippen LogP contribution in [0.25, 0.3) is 0 Å². The number of carbonyl (C=O) groups excluding carboxylic acids is 4. The van der Waals surface area contributed by atoms with Crippen molar-refractivity contribution in [1.82, 2.24) is 0 Å². The summed E-state index contributed by atoms with van der Waals surface area (Å²) in [7, 11) is -10.1. The van der Waals surface area contributed by atoms with E-state index in [2.05, 4.69) is 210 Å². The van der Waals surface area contributed by atoms with Gasteiger partial charge in [0.1, 0.15) is 19.3 Å². The predicted octanol–water partition coefficient (Wildman–Crippen LogP) is 22.4. The summed E-state index contributed by atoms with van der Waals surface area (Å²) in [6.45, 7) is 4.03. The largest absolute Gasteiger partial charge is 0.472 e. The Morgan fingerprint density at radius 1 is 0.274 bits per heavy atom. The summed E-state index contributed by atoms with van der Waals surface area (Å²) in [5.41, 5.74) is 0. The molecule has 0 aliphatic rings. The molecule has 0 aromatic carbocycles. The fourth-order valence-corrected chi connectivity index (χ4v) is 10.3. The Labute approximate surface area is 637 Å². The zero-order chi connectivity index (χ0) is 77.4. The number of aliphatic hydroxyl groups excluding tert-OH is 1. The lowest BCUT2D eigenvalue weighted by atomic mass is 10.2. The van der Waals surface area contributed by atoms with E-state index in [1.807, 2.05) is 48.6 Å². The molecule has 0 heterocycles. The van der Waals surface area contributed by atoms with E-state index in [1.165, 1.54) is 0 Å². The Kier molecular flexibility index (Phi) is 70.9. The summed E-state index contributed by atoms with van der Waals surface area (Å²) >= 11 is 0. The van der Waals surface area contributed by atoms with Gasteiger partial charge in [0, 0.05) is 19.3 Å². The maximum Gasteiger partial charge on any atom is 0.472 e. The molecule has 0 bridgehead atoms. The molecule has 0 saturated carbocycles. The van der Waals surface area contributed by atoms with Gasteiger partial charge in [-0.3, -0.25) is 37.3 Å². The third-order valence-corrected chi connectivity index (χ3v) is 16.2. The Bertz CT molecular complexity index is 2980. The van der Waals surface area contributed by atoms with Crippen LogP contribution in [0.2, 0.25) is 0 Å². The Morgan fingerprint density at radius 2 is 0.481 bits per heavy atom. The first kappa shape index (κ1) is 98.9. The summed E-state index contributed by atoms with van der Waals surface area (Å²) in [5, 5.41) is 10.6. The topological polar surface area (TPSA) is 237 Å². The van der Waals surface area contributed by atoms with Gasteiger partial charge in [0.25, 0.3) is 0 Å². The van der Waals surface area contributed by atoms with Crippen LogP contribution in [-0.2, 0) is 65.4 Å². The van der Waals surface area contributed by atoms with Crippen molar-refractivity contribution in [1.29, 1.82) is 0 Å². The van der Waals surface area contributed by atoms with E-state index < -0.39 is 97.5 Å². The van der Waals surface area contributed by atoms with Gasteiger partial charge in [-0.2, -0.15) is 0 Å². The molecule has 0 rings (SSSR count). The molecule has 5 unspecified atom stereocenters. The summed E-state index contributed by atoms with van der Waals surface area (Å²) in [4.78, 5) is 72.8. The Balaban J connectivity index is 5.63. The van der Waals surface area contributed by atoms with E-state index in [9.17, 15) is 43.2 Å². The van der Waals surface area contributed by atoms with Gasteiger partial charge in [0.05, 0.1) is 32.8 Å². The van der Waals surface area contributed by atoms with Gasteiger partial charge >= 0.3 is 39.5 Å². The lowest BCUT2D eigenvalue weighted by Crippen LogP contribution is -2.30. The molecular weight excluding hydrogens is 1380 g/mol. The van der Waals surface area contributed by atoms with E-state index >= 15 is 0 Å². The molecule has 0 saturated heterocycles. The molecule has 0 radical (unpaired) electrons. The van der Waals surface area contributed by atoms with Crippen LogP contribution in [0, 0.1) is 0 Å². The number of ether oxygens (including phenoxy) is 4. The van der Waals surface area contributed by atoms with Crippen LogP contribution < -0.4 is 0 Å². The monoisotopic (exact) mass is 1510 g/mol. The molecule has 17 nitrogen and oxygen atoms in total. The molecule has 3 N–H and O–H groups in total. The minimum absolute atomic E-state index is 0.0115. The maximum absolute atomic E-state index is 13.1. The molecule has 19 heteroatoms. The molecular formula is C87H130O17P2. The molecule has 106 heavy (non-hydrogen) atoms. The molecule has 0 aromatic rings. The highest BCUT2D eigenvalue weighted by Gasteiger charge is 2.30. The van der Waals surface area contributed by atoms with Gasteiger partial charge in [-0.1, -0.05) is 271 Å². The second-order valence-electron chi connectivity index (χ2n) is 24.1. The molecule has 0 amide bonds. The van der Waals surface area contributed by atoms with E-state index in [1.54, 1.807) is 12.2 Å². The smallest absolute Gasteiger partial charge is 0.462 e. The number of phosphoric ester groups is 2. The van der Waals surface area contributed by atoms with Crippen LogP contribution >= 0.6 is 15.6 Å². The van der Waals surface area contributed by atoms with Crippen LogP contribution in [-0.4, -0.2) is 96.7 Å². The van der Waals surface area contributed by atoms with Crippen LogP contribution in [0.15, 0.2) is 243 Å². The number of rotatable bonds is 68. The van der Waals surface area contributed by atoms with Crippen molar-refractivity contribution in [3.63, 3.8) is 0 Å². The molecule has 0 aliphatic heterocycles. The molecule has 5 atom stereocenters. The summed E-state index contributed by atoms with van der Waals surface area (Å²) in [6.07, 6.45) is 99.2. The van der Waals surface area contributed by atoms with Gasteiger partial charge in [-0.25, -0.2) is 9.13 Å². The van der Waals surface area contributed by atoms with Crippen molar-refractivity contribution in [2.24, 2.45) is 0 Å². The van der Waals surface area contributed by atoms with E-state index in [0.29, 0.717) is 44.9 Å². The van der Waals surface area contributed by atoms with Gasteiger partial charge in [-0.05, 0) is 167 Å². The average Bonchev–Trinajstić information content (AvgIpc) is 0.901. The highest BCUT2D eigenvalue weighted by molar-refractivity contribution is 7.47. The predicted molar refractivity (Wildman–Crippen MR) is 435 cm³/mol. The highest BCUT2D eigenvalue weighted by atomic mass is 31.2. The fourth-order valence-electron chi connectivity index (χ4n) is 8.69. The zero-order valence-corrected chi connectivity index (χ0v) is 66.0. The fraction of sp³-hybridized carbons (Fsp3) is 0.494. The highest BCUT2D eigenvalue weighted by Crippen LogP contribution is 2.45. The third-order valence-electron chi connectivity index (χ3n) is 14.3. The summed E-state index contributed by atoms with van der Waals surface area (Å²) < 4.78 is 68.2. The Morgan fingerprint density at radius 3 is 0.736 bits per heavy atom. The number of aliphatic hydroxyl groups is 1. The first-order valence-corrected chi connectivity index (χ1v) is 41.3. The minimum Gasteiger partial charge on any atom is -0.462 e. The van der Waals surface area contributed by atoms with E-state index in [4.69, 9.17) is 37.0 Å². The van der Waals surface area contributed by atoms with E-state index in [0.717, 1.165) is 122 Å². The first-order chi connectivity index (χ1) is 51.7. The molecule has 0 fully saturated rings. The van der Waals surface area contributed by atoms with Crippen molar-refractivity contribution in [2.45, 2.75) is 239 Å². The second-order valence-corrected chi connectivity index (χ2v) is 27.0. The normalized spacial score (nSPS) is 15.2. The maximum atomic E-state index is 13.1. The lowest BCUT2D eigenvalue weighted by Gasteiger charge is -2.21. The number of carbonyl (C=O) groups is 4. The van der Waals surface area contributed by atoms with E-state index in [-0.39, 0.29) is 25.7 Å². The van der Waals surface area contributed by atoms with Crippen molar-refractivity contribution in [3.8, 4) is 0 Å². The number of hydrogen-bond acceptors (Lipinski definition) is 15. The van der Waals surface area contributed by atoms with Crippen LogP contribution in [0.3, 0.4) is 0 Å². The quantitative estimate of drug-likeness (QED) is 0.0169. The van der Waals surface area contributed by atoms with Crippen molar-refractivity contribution in [3.05, 3.63) is 243 Å². The molecule has 590 valence electrons. The number of phosphoric acid groups is 2. The molecule has 0 aliphatic carbocycles. The van der Waals surface area contributed by atoms with Crippen molar-refractivity contribution >= 4 is 39.5 Å². The van der Waals surface area contributed by atoms with Gasteiger partial charge in [0.15, 0.2) is 12.2 Å². The van der Waals surface area contributed by atoms with Gasteiger partial charge in [0.2, 0.25) is 0 Å². The number of hydrogen-bond donors (Lipinski definition) is 3. The van der Waals surface area contributed by atoms with Crippen LogP contribution in [0.4, 0.5) is 0 Å². The SMILES string of the molecule is CC/C=C\C/C=C\C/C=C\C/C=C\C/C=C\CCCC(=O)OCC(COP(=O)(O)OCC(O)COP(=O)(O)OCC(COC(=O)CCC/C=C\C/C=C\C/C=C\C/C=C\C/C=C\CC)OC(=O)CCC/C=C\C/C=C\C/C=C\C/C=C\C/C=C\CC)OC(=O)C/C=C\C/C=C\C/C=C\C/C=C\C/C=C\CC. The summed E-state index contributed by atoms with van der Waals surface area (Å²) in [5.74, 6) is -2.57. The van der Waals surface area contributed by atoms with Crippen LogP contribution in [0.1, 0.15) is 220 Å². The molecule has 0 spiro atoms. The number of unbranched alkanes of at least 4 members (excludes halogenated alkanes) is 3. The van der Waals surface area contributed by atoms with Crippen molar-refractivity contribution in [2.75, 3.05) is 39.6 Å². The minimum atomic E-state index is -5.04. The first-order valence-electron chi connectivity index (χ1n) is 38.3. The second kappa shape index (κ2) is 76.1. The van der Waals surface area contributed by atoms with Crippen LogP contribution in [0.5, 0.6) is 0 Å². The van der Waals surface area contributed by atoms with Gasteiger partial charge in [-0.15, -0.1) is 0 Å². The standard InChI is InChI=1S/C87H130O17P2/c1-5-9-13-17-21-25-29-33-37-40-44-47-51-55-59-63-67-71-84(89)97-77-82(103-86(91)73-69-65-61-57-53-49-43-36-32-28-24-20-16-12-8-4)79-101-105(93,94)99-75-81(88)76-100-106(95,96)102-80-83(104-87(92)74-70-66-62-58-54-50-46-42-39-35-31-27-23-19-15-11-7-3)78-98-85(90)72-68-64-60-56-52-48-45-41-38-34-30-26-22-18-14-10-6-2/h9-16,21-28,33-39,43-48,50,53,55-60,62,65,69,81-83,88H,5-8,17-20,29-32,40-42,49,51-52,54,61,63-64,66-68,70-80H2,1-4H3,(H,93,94)(H,95,96)/b13-9-,14-10-,15-11-,16-12-,25-21-,26-22-,27-23-,28-24-,37-33-,38-34-,39-35-,43-36-,47-44-,48-45-,50-46-,57-53-,59-55-,60-56-,62-58-,69-65-. The summed E-state index contributed by atoms with van der Waals surface area (Å²) in [6, 6.07) is 0. The van der Waals surface area contributed by atoms with Gasteiger partial charge < -0.3 is 33.8 Å². The Hall–Kier alpha value is -7.14. The van der Waals surface area contributed by atoms with Crippen molar-refractivity contribution < 1.29 is 80.2 Å². The average molecular weight is 1510 g/mol. The number of esters is 4. The number of allylic oxidation sites excluding steroid dienone is 39. The zero-order valence-electron chi connectivity index (χ0n) is 64.2. The molecule has 0 aromatic heterocycles.